The van der Waals surface area contributed by atoms with Crippen molar-refractivity contribution < 1.29 is 9.59 Å². The molecule has 0 bridgehead atoms. The Morgan fingerprint density at radius 1 is 1.27 bits per heavy atom. The zero-order valence-electron chi connectivity index (χ0n) is 17.8. The zero-order chi connectivity index (χ0) is 21.6. The van der Waals surface area contributed by atoms with Gasteiger partial charge in [0.25, 0.3) is 0 Å². The third-order valence-corrected chi connectivity index (χ3v) is 6.09. The number of carbonyl (C=O) groups excluding carboxylic acids is 2. The molecule has 0 saturated carbocycles. The molecule has 1 saturated heterocycles. The average molecular weight is 432 g/mol. The molecule has 164 valence electrons. The number of hydrogen-bond donors (Lipinski definition) is 3. The molecule has 30 heavy (non-hydrogen) atoms. The number of nitrogens with zero attached hydrogens (tertiary/aromatic N) is 2. The van der Waals surface area contributed by atoms with E-state index in [1.54, 1.807) is 0 Å². The van der Waals surface area contributed by atoms with Gasteiger partial charge in [0.1, 0.15) is 5.25 Å². The Labute approximate surface area is 184 Å². The minimum atomic E-state index is -0.274. The van der Waals surface area contributed by atoms with E-state index in [0.29, 0.717) is 31.7 Å². The fourth-order valence-corrected chi connectivity index (χ4v) is 4.17. The number of carbonyl (C=O) groups is 2. The van der Waals surface area contributed by atoms with Crippen molar-refractivity contribution in [2.75, 3.05) is 49.1 Å². The van der Waals surface area contributed by atoms with Gasteiger partial charge in [0, 0.05) is 49.6 Å². The largest absolute Gasteiger partial charge is 0.383 e. The molecule has 0 aromatic heterocycles. The van der Waals surface area contributed by atoms with Crippen LogP contribution in [0.3, 0.4) is 0 Å². The second-order valence-corrected chi connectivity index (χ2v) is 8.68. The van der Waals surface area contributed by atoms with E-state index in [1.807, 2.05) is 31.2 Å². The van der Waals surface area contributed by atoms with Gasteiger partial charge in [-0.1, -0.05) is 13.0 Å². The molecule has 1 aliphatic rings. The number of amides is 2. The van der Waals surface area contributed by atoms with Crippen LogP contribution in [0.5, 0.6) is 0 Å². The topological polar surface area (TPSA) is 97.3 Å². The number of rotatable bonds is 13. The van der Waals surface area contributed by atoms with Gasteiger partial charge >= 0.3 is 0 Å². The molecule has 7 nitrogen and oxygen atoms in total. The van der Waals surface area contributed by atoms with E-state index in [0.717, 1.165) is 37.4 Å². The van der Waals surface area contributed by atoms with Crippen molar-refractivity contribution in [2.24, 2.45) is 0 Å². The molecular weight excluding hydrogens is 398 g/mol. The fraction of sp³-hybridized carbons (Fsp3) is 0.591. The molecule has 1 heterocycles. The van der Waals surface area contributed by atoms with E-state index in [9.17, 15) is 9.59 Å². The Kier molecular flexibility index (Phi) is 11.1. The number of nitrogens with one attached hydrogen (secondary N) is 3. The number of likely N-dealkylation sites (tertiary alicyclic amines) is 1. The maximum Gasteiger partial charge on any atom is 0.234 e. The molecule has 1 aromatic carbocycles. The highest BCUT2D eigenvalue weighted by Crippen LogP contribution is 2.18. The van der Waals surface area contributed by atoms with Gasteiger partial charge in [-0.25, -0.2) is 0 Å². The van der Waals surface area contributed by atoms with Crippen molar-refractivity contribution in [3.05, 3.63) is 24.3 Å². The Balaban J connectivity index is 1.84. The van der Waals surface area contributed by atoms with Crippen molar-refractivity contribution in [1.82, 2.24) is 10.2 Å². The highest BCUT2D eigenvalue weighted by molar-refractivity contribution is 8.00. The summed E-state index contributed by atoms with van der Waals surface area (Å²) in [6.45, 7) is 6.10. The summed E-state index contributed by atoms with van der Waals surface area (Å²) < 4.78 is 0. The molecule has 1 aliphatic heterocycles. The molecule has 3 N–H and O–H groups in total. The number of benzene rings is 1. The smallest absolute Gasteiger partial charge is 0.234 e. The van der Waals surface area contributed by atoms with Crippen LogP contribution in [-0.4, -0.2) is 60.4 Å². The first-order valence-corrected chi connectivity index (χ1v) is 11.8. The van der Waals surface area contributed by atoms with Gasteiger partial charge in [-0.2, -0.15) is 5.26 Å². The third-order valence-electron chi connectivity index (χ3n) is 4.87. The summed E-state index contributed by atoms with van der Waals surface area (Å²) >= 11 is 1.49. The summed E-state index contributed by atoms with van der Waals surface area (Å²) in [5.41, 5.74) is 1.59. The molecule has 1 fully saturated rings. The fourth-order valence-electron chi connectivity index (χ4n) is 3.24. The van der Waals surface area contributed by atoms with Gasteiger partial charge in [-0.3, -0.25) is 9.59 Å². The van der Waals surface area contributed by atoms with Crippen molar-refractivity contribution in [2.45, 2.75) is 44.3 Å². The minimum absolute atomic E-state index is 0.0151. The van der Waals surface area contributed by atoms with Crippen LogP contribution < -0.4 is 16.0 Å². The lowest BCUT2D eigenvalue weighted by Gasteiger charge is -2.18. The molecule has 2 amide bonds. The molecule has 1 unspecified atom stereocenters. The predicted octanol–water partition coefficient (Wildman–Crippen LogP) is 3.06. The Morgan fingerprint density at radius 3 is 2.77 bits per heavy atom. The van der Waals surface area contributed by atoms with Gasteiger partial charge in [-0.05, 0) is 50.6 Å². The first-order chi connectivity index (χ1) is 14.6. The monoisotopic (exact) mass is 431 g/mol. The van der Waals surface area contributed by atoms with E-state index in [1.165, 1.54) is 24.6 Å². The molecule has 0 radical (unpaired) electrons. The minimum Gasteiger partial charge on any atom is -0.383 e. The summed E-state index contributed by atoms with van der Waals surface area (Å²) in [6, 6.07) is 9.67. The quantitative estimate of drug-likeness (QED) is 0.415. The maximum atomic E-state index is 12.4. The molecule has 1 atom stereocenters. The lowest BCUT2D eigenvalue weighted by Crippen LogP contribution is -2.37. The lowest BCUT2D eigenvalue weighted by molar-refractivity contribution is -0.120. The standard InChI is InChI=1S/C22H33N5O2S/c1-2-11-24-22(29)20(30-15-6-10-23)17-25-18-7-5-8-19(16-18)26-21(28)9-14-27-12-3-4-13-27/h5,7-8,16,20,25H,2-4,6,9,11-15,17H2,1H3,(H,24,29)(H,26,28). The first-order valence-electron chi connectivity index (χ1n) is 10.7. The Morgan fingerprint density at radius 2 is 2.03 bits per heavy atom. The highest BCUT2D eigenvalue weighted by Gasteiger charge is 2.18. The summed E-state index contributed by atoms with van der Waals surface area (Å²) in [7, 11) is 0. The normalized spacial score (nSPS) is 14.7. The number of hydrogen-bond acceptors (Lipinski definition) is 6. The van der Waals surface area contributed by atoms with Crippen molar-refractivity contribution in [1.29, 1.82) is 5.26 Å². The van der Waals surface area contributed by atoms with Crippen molar-refractivity contribution in [3.8, 4) is 6.07 Å². The molecule has 0 aliphatic carbocycles. The van der Waals surface area contributed by atoms with Crippen LogP contribution in [0.1, 0.15) is 39.0 Å². The van der Waals surface area contributed by atoms with Gasteiger partial charge < -0.3 is 20.9 Å². The van der Waals surface area contributed by atoms with Gasteiger partial charge in [0.2, 0.25) is 11.8 Å². The summed E-state index contributed by atoms with van der Waals surface area (Å²) in [5.74, 6) is 0.622. The number of nitriles is 1. The maximum absolute atomic E-state index is 12.4. The van der Waals surface area contributed by atoms with Gasteiger partial charge in [-0.15, -0.1) is 11.8 Å². The predicted molar refractivity (Wildman–Crippen MR) is 124 cm³/mol. The second-order valence-electron chi connectivity index (χ2n) is 7.37. The van der Waals surface area contributed by atoms with Crippen molar-refractivity contribution in [3.63, 3.8) is 0 Å². The first kappa shape index (κ1) is 24.0. The van der Waals surface area contributed by atoms with Crippen LogP contribution >= 0.6 is 11.8 Å². The van der Waals surface area contributed by atoms with Crippen LogP contribution in [0.25, 0.3) is 0 Å². The van der Waals surface area contributed by atoms with E-state index >= 15 is 0 Å². The average Bonchev–Trinajstić information content (AvgIpc) is 3.27. The molecular formula is C22H33N5O2S. The van der Waals surface area contributed by atoms with Gasteiger partial charge in [0.15, 0.2) is 0 Å². The Bertz CT molecular complexity index is 716. The molecule has 8 heteroatoms. The summed E-state index contributed by atoms with van der Waals surface area (Å²) in [5, 5.41) is 17.7. The van der Waals surface area contributed by atoms with E-state index < -0.39 is 0 Å². The number of anilines is 2. The molecule has 0 spiro atoms. The van der Waals surface area contributed by atoms with E-state index in [2.05, 4.69) is 26.9 Å². The van der Waals surface area contributed by atoms with Crippen molar-refractivity contribution >= 4 is 35.0 Å². The van der Waals surface area contributed by atoms with E-state index in [-0.39, 0.29) is 17.1 Å². The summed E-state index contributed by atoms with van der Waals surface area (Å²) in [4.78, 5) is 27.0. The second kappa shape index (κ2) is 13.9. The Hall–Kier alpha value is -2.24. The van der Waals surface area contributed by atoms with Crippen LogP contribution in [0, 0.1) is 11.3 Å². The number of thioether (sulfide) groups is 1. The van der Waals surface area contributed by atoms with Crippen LogP contribution in [0.2, 0.25) is 0 Å². The van der Waals surface area contributed by atoms with E-state index in [4.69, 9.17) is 5.26 Å². The summed E-state index contributed by atoms with van der Waals surface area (Å²) in [6.07, 6.45) is 4.24. The molecule has 1 aromatic rings. The third kappa shape index (κ3) is 9.06. The van der Waals surface area contributed by atoms with Crippen LogP contribution in [0.15, 0.2) is 24.3 Å². The zero-order valence-corrected chi connectivity index (χ0v) is 18.6. The highest BCUT2D eigenvalue weighted by atomic mass is 32.2. The lowest BCUT2D eigenvalue weighted by atomic mass is 10.2. The molecule has 2 rings (SSSR count). The van der Waals surface area contributed by atoms with Crippen LogP contribution in [-0.2, 0) is 9.59 Å². The SMILES string of the molecule is CCCNC(=O)C(CNc1cccc(NC(=O)CCN2CCCC2)c1)SCCC#N. The van der Waals surface area contributed by atoms with Crippen LogP contribution in [0.4, 0.5) is 11.4 Å². The van der Waals surface area contributed by atoms with Gasteiger partial charge in [0.05, 0.1) is 6.07 Å².